The number of rotatable bonds is 9. The van der Waals surface area contributed by atoms with Gasteiger partial charge in [0.2, 0.25) is 5.91 Å². The number of aryl methyl sites for hydroxylation is 2. The lowest BCUT2D eigenvalue weighted by atomic mass is 10.0. The van der Waals surface area contributed by atoms with Gasteiger partial charge in [0.05, 0.1) is 0 Å². The van der Waals surface area contributed by atoms with E-state index in [0.717, 1.165) is 18.6 Å². The van der Waals surface area contributed by atoms with E-state index in [9.17, 15) is 4.79 Å². The highest BCUT2D eigenvalue weighted by molar-refractivity contribution is 5.97. The van der Waals surface area contributed by atoms with E-state index in [-0.39, 0.29) is 12.5 Å². The third kappa shape index (κ3) is 6.33. The number of carbonyl (C=O) groups is 1. The van der Waals surface area contributed by atoms with E-state index in [1.54, 1.807) is 19.1 Å². The minimum atomic E-state index is -1.18. The van der Waals surface area contributed by atoms with Crippen molar-refractivity contribution in [2.75, 3.05) is 11.9 Å². The summed E-state index contributed by atoms with van der Waals surface area (Å²) in [5.41, 5.74) is 8.16. The number of nitrogens with two attached hydrogens (primary N) is 1. The molecule has 0 unspecified atom stereocenters. The second kappa shape index (κ2) is 10.1. The maximum absolute atomic E-state index is 12.6. The molecular weight excluding hydrogens is 388 g/mol. The Hall–Kier alpha value is -3.31. The van der Waals surface area contributed by atoms with Crippen molar-refractivity contribution in [1.29, 1.82) is 0 Å². The van der Waals surface area contributed by atoms with Gasteiger partial charge in [0.1, 0.15) is 29.4 Å². The molecule has 0 bridgehead atoms. The van der Waals surface area contributed by atoms with Crippen LogP contribution in [0.15, 0.2) is 72.8 Å². The Morgan fingerprint density at radius 3 is 1.74 bits per heavy atom. The van der Waals surface area contributed by atoms with E-state index in [1.807, 2.05) is 60.7 Å². The Morgan fingerprint density at radius 1 is 0.806 bits per heavy atom. The molecule has 0 radical (unpaired) electrons. The molecule has 0 saturated heterocycles. The average molecular weight is 419 g/mol. The molecule has 162 valence electrons. The first-order valence-corrected chi connectivity index (χ1v) is 10.6. The Balaban J connectivity index is 1.54. The minimum absolute atomic E-state index is 0.0687. The van der Waals surface area contributed by atoms with Crippen molar-refractivity contribution in [3.8, 4) is 17.2 Å². The SMILES string of the molecule is CCc1ccc(OC[C@](C)(N)C(=O)Nc2ccc(Oc3ccc(CC)cc3)cc2)cc1. The van der Waals surface area contributed by atoms with Gasteiger partial charge in [-0.15, -0.1) is 0 Å². The smallest absolute Gasteiger partial charge is 0.247 e. The fraction of sp³-hybridized carbons (Fsp3) is 0.269. The predicted octanol–water partition coefficient (Wildman–Crippen LogP) is 5.34. The zero-order valence-electron chi connectivity index (χ0n) is 18.4. The average Bonchev–Trinajstić information content (AvgIpc) is 2.80. The second-order valence-electron chi connectivity index (χ2n) is 7.78. The van der Waals surface area contributed by atoms with Crippen molar-refractivity contribution in [2.24, 2.45) is 5.73 Å². The van der Waals surface area contributed by atoms with E-state index < -0.39 is 5.54 Å². The number of carbonyl (C=O) groups excluding carboxylic acids is 1. The Labute approximate surface area is 184 Å². The highest BCUT2D eigenvalue weighted by atomic mass is 16.5. The molecule has 3 rings (SSSR count). The van der Waals surface area contributed by atoms with Crippen LogP contribution < -0.4 is 20.5 Å². The monoisotopic (exact) mass is 418 g/mol. The van der Waals surface area contributed by atoms with Gasteiger partial charge in [-0.2, -0.15) is 0 Å². The first kappa shape index (κ1) is 22.4. The number of anilines is 1. The second-order valence-corrected chi connectivity index (χ2v) is 7.78. The number of benzene rings is 3. The van der Waals surface area contributed by atoms with Gasteiger partial charge in [-0.1, -0.05) is 38.1 Å². The van der Waals surface area contributed by atoms with Crippen molar-refractivity contribution in [2.45, 2.75) is 39.2 Å². The summed E-state index contributed by atoms with van der Waals surface area (Å²) >= 11 is 0. The molecule has 5 nitrogen and oxygen atoms in total. The van der Waals surface area contributed by atoms with Gasteiger partial charge in [0.25, 0.3) is 0 Å². The maximum atomic E-state index is 12.6. The fourth-order valence-corrected chi connectivity index (χ4v) is 2.93. The number of nitrogens with one attached hydrogen (secondary N) is 1. The van der Waals surface area contributed by atoms with Gasteiger partial charge < -0.3 is 20.5 Å². The molecule has 31 heavy (non-hydrogen) atoms. The summed E-state index contributed by atoms with van der Waals surface area (Å²) in [6.45, 7) is 5.93. The molecule has 1 amide bonds. The molecule has 3 aromatic carbocycles. The zero-order chi connectivity index (χ0) is 22.3. The summed E-state index contributed by atoms with van der Waals surface area (Å²) in [5, 5.41) is 2.84. The van der Waals surface area contributed by atoms with Crippen LogP contribution in [0.3, 0.4) is 0 Å². The van der Waals surface area contributed by atoms with Crippen LogP contribution in [0, 0.1) is 0 Å². The summed E-state index contributed by atoms with van der Waals surface area (Å²) in [4.78, 5) is 12.6. The molecule has 1 atom stereocenters. The van der Waals surface area contributed by atoms with E-state index >= 15 is 0 Å². The topological polar surface area (TPSA) is 73.6 Å². The number of ether oxygens (including phenoxy) is 2. The zero-order valence-corrected chi connectivity index (χ0v) is 18.4. The van der Waals surface area contributed by atoms with E-state index in [2.05, 4.69) is 19.2 Å². The summed E-state index contributed by atoms with van der Waals surface area (Å²) < 4.78 is 11.6. The summed E-state index contributed by atoms with van der Waals surface area (Å²) in [6, 6.07) is 23.0. The highest BCUT2D eigenvalue weighted by Gasteiger charge is 2.29. The van der Waals surface area contributed by atoms with Crippen LogP contribution in [0.4, 0.5) is 5.69 Å². The molecule has 3 aromatic rings. The first-order chi connectivity index (χ1) is 14.9. The van der Waals surface area contributed by atoms with Crippen molar-refractivity contribution in [1.82, 2.24) is 0 Å². The van der Waals surface area contributed by atoms with Crippen molar-refractivity contribution in [3.63, 3.8) is 0 Å². The highest BCUT2D eigenvalue weighted by Crippen LogP contribution is 2.24. The molecule has 0 heterocycles. The molecular formula is C26H30N2O3. The lowest BCUT2D eigenvalue weighted by molar-refractivity contribution is -0.121. The first-order valence-electron chi connectivity index (χ1n) is 10.6. The van der Waals surface area contributed by atoms with Crippen LogP contribution in [0.5, 0.6) is 17.2 Å². The molecule has 0 aliphatic rings. The van der Waals surface area contributed by atoms with E-state index in [1.165, 1.54) is 11.1 Å². The molecule has 5 heteroatoms. The van der Waals surface area contributed by atoms with Crippen LogP contribution in [-0.2, 0) is 17.6 Å². The third-order valence-electron chi connectivity index (χ3n) is 5.07. The summed E-state index contributed by atoms with van der Waals surface area (Å²) in [6.07, 6.45) is 1.96. The minimum Gasteiger partial charge on any atom is -0.491 e. The van der Waals surface area contributed by atoms with Crippen LogP contribution in [0.1, 0.15) is 31.9 Å². The normalized spacial score (nSPS) is 12.6. The molecule has 0 saturated carbocycles. The van der Waals surface area contributed by atoms with Crippen molar-refractivity contribution < 1.29 is 14.3 Å². The van der Waals surface area contributed by atoms with E-state index in [4.69, 9.17) is 15.2 Å². The lowest BCUT2D eigenvalue weighted by Gasteiger charge is -2.24. The molecule has 0 aliphatic carbocycles. The van der Waals surface area contributed by atoms with Crippen molar-refractivity contribution in [3.05, 3.63) is 83.9 Å². The standard InChI is InChI=1S/C26H30N2O3/c1-4-19-6-12-22(13-7-19)30-18-26(3,27)25(29)28-21-10-16-24(17-11-21)31-23-14-8-20(5-2)9-15-23/h6-17H,4-5,18,27H2,1-3H3,(H,28,29)/t26-/m0/s1. The molecule has 0 fully saturated rings. The number of amides is 1. The fourth-order valence-electron chi connectivity index (χ4n) is 2.93. The third-order valence-corrected chi connectivity index (χ3v) is 5.07. The maximum Gasteiger partial charge on any atom is 0.247 e. The largest absolute Gasteiger partial charge is 0.491 e. The van der Waals surface area contributed by atoms with Crippen LogP contribution in [-0.4, -0.2) is 18.1 Å². The Kier molecular flexibility index (Phi) is 7.32. The molecule has 0 spiro atoms. The van der Waals surface area contributed by atoms with Crippen LogP contribution in [0.2, 0.25) is 0 Å². The lowest BCUT2D eigenvalue weighted by Crippen LogP contribution is -2.53. The van der Waals surface area contributed by atoms with Crippen LogP contribution in [0.25, 0.3) is 0 Å². The Morgan fingerprint density at radius 2 is 1.26 bits per heavy atom. The molecule has 0 aliphatic heterocycles. The predicted molar refractivity (Wildman–Crippen MR) is 125 cm³/mol. The van der Waals surface area contributed by atoms with Crippen LogP contribution >= 0.6 is 0 Å². The Bertz CT molecular complexity index is 979. The van der Waals surface area contributed by atoms with Gasteiger partial charge in [-0.25, -0.2) is 0 Å². The van der Waals surface area contributed by atoms with Gasteiger partial charge in [0, 0.05) is 5.69 Å². The van der Waals surface area contributed by atoms with Gasteiger partial charge >= 0.3 is 0 Å². The van der Waals surface area contributed by atoms with Gasteiger partial charge in [-0.3, -0.25) is 4.79 Å². The van der Waals surface area contributed by atoms with E-state index in [0.29, 0.717) is 17.2 Å². The quantitative estimate of drug-likeness (QED) is 0.492. The summed E-state index contributed by atoms with van der Waals surface area (Å²) in [5.74, 6) is 1.83. The molecule has 0 aromatic heterocycles. The number of hydrogen-bond acceptors (Lipinski definition) is 4. The number of hydrogen-bond donors (Lipinski definition) is 2. The molecule has 3 N–H and O–H groups in total. The van der Waals surface area contributed by atoms with Gasteiger partial charge in [-0.05, 0) is 79.4 Å². The summed E-state index contributed by atoms with van der Waals surface area (Å²) in [7, 11) is 0. The van der Waals surface area contributed by atoms with Gasteiger partial charge in [0.15, 0.2) is 0 Å². The van der Waals surface area contributed by atoms with Crippen molar-refractivity contribution >= 4 is 11.6 Å².